The van der Waals surface area contributed by atoms with Crippen LogP contribution in [-0.4, -0.2) is 18.7 Å². The molecule has 2 aromatic rings. The minimum Gasteiger partial charge on any atom is -0.482 e. The summed E-state index contributed by atoms with van der Waals surface area (Å²) in [4.78, 5) is 11.9. The topological polar surface area (TPSA) is 50.7 Å². The average molecular weight is 454 g/mol. The molecule has 2 aromatic carbocycles. The Bertz CT molecular complexity index is 766. The molecule has 126 valence electrons. The third kappa shape index (κ3) is 5.18. The second-order valence-electron chi connectivity index (χ2n) is 5.48. The maximum Gasteiger partial charge on any atom is 0.277 e. The zero-order chi connectivity index (χ0) is 17.7. The molecule has 0 unspecified atom stereocenters. The van der Waals surface area contributed by atoms with Crippen molar-refractivity contribution in [1.82, 2.24) is 5.43 Å². The molecule has 4 nitrogen and oxygen atoms in total. The molecule has 0 aliphatic rings. The Kier molecular flexibility index (Phi) is 6.57. The van der Waals surface area contributed by atoms with Crippen molar-refractivity contribution >= 4 is 44.0 Å². The fourth-order valence-corrected chi connectivity index (χ4v) is 3.74. The van der Waals surface area contributed by atoms with Crippen LogP contribution in [0.3, 0.4) is 0 Å². The molecule has 0 aliphatic carbocycles. The molecule has 0 saturated heterocycles. The molecular formula is C18H18Br2N2O2. The van der Waals surface area contributed by atoms with Gasteiger partial charge in [-0.25, -0.2) is 5.43 Å². The highest BCUT2D eigenvalue weighted by Gasteiger charge is 2.09. The van der Waals surface area contributed by atoms with Gasteiger partial charge in [0.05, 0.1) is 10.7 Å². The van der Waals surface area contributed by atoms with Gasteiger partial charge >= 0.3 is 0 Å². The monoisotopic (exact) mass is 452 g/mol. The van der Waals surface area contributed by atoms with Crippen molar-refractivity contribution in [3.8, 4) is 5.75 Å². The van der Waals surface area contributed by atoms with E-state index in [1.807, 2.05) is 45.0 Å². The number of hydrogen-bond acceptors (Lipinski definition) is 3. The minimum atomic E-state index is -0.315. The number of hydrazone groups is 1. The SMILES string of the molecule is Cc1ccc(/C=N/NC(=O)COc2c(C)cc(Br)cc2Br)c(C)c1. The van der Waals surface area contributed by atoms with Gasteiger partial charge in [0.2, 0.25) is 0 Å². The van der Waals surface area contributed by atoms with E-state index in [1.165, 1.54) is 5.56 Å². The molecule has 0 saturated carbocycles. The smallest absolute Gasteiger partial charge is 0.277 e. The lowest BCUT2D eigenvalue weighted by Gasteiger charge is -2.10. The number of benzene rings is 2. The van der Waals surface area contributed by atoms with Gasteiger partial charge < -0.3 is 4.74 Å². The molecular weight excluding hydrogens is 436 g/mol. The lowest BCUT2D eigenvalue weighted by molar-refractivity contribution is -0.123. The Labute approximate surface area is 158 Å². The van der Waals surface area contributed by atoms with E-state index in [4.69, 9.17) is 4.74 Å². The van der Waals surface area contributed by atoms with E-state index in [0.717, 1.165) is 25.6 Å². The van der Waals surface area contributed by atoms with Crippen LogP contribution in [0.4, 0.5) is 0 Å². The number of aryl methyl sites for hydroxylation is 3. The van der Waals surface area contributed by atoms with Crippen molar-refractivity contribution < 1.29 is 9.53 Å². The number of ether oxygens (including phenoxy) is 1. The van der Waals surface area contributed by atoms with Crippen molar-refractivity contribution in [1.29, 1.82) is 0 Å². The number of carbonyl (C=O) groups excluding carboxylic acids is 1. The molecule has 6 heteroatoms. The second-order valence-corrected chi connectivity index (χ2v) is 7.25. The van der Waals surface area contributed by atoms with Gasteiger partial charge in [0, 0.05) is 4.47 Å². The Hall–Kier alpha value is -1.66. The number of carbonyl (C=O) groups is 1. The molecule has 0 radical (unpaired) electrons. The first kappa shape index (κ1) is 18.7. The molecule has 0 spiro atoms. The van der Waals surface area contributed by atoms with Crippen LogP contribution in [0.1, 0.15) is 22.3 Å². The standard InChI is InChI=1S/C18H18Br2N2O2/c1-11-4-5-14(12(2)6-11)9-21-22-17(23)10-24-18-13(3)7-15(19)8-16(18)20/h4-9H,10H2,1-3H3,(H,22,23)/b21-9+. The summed E-state index contributed by atoms with van der Waals surface area (Å²) in [5.74, 6) is 0.331. The van der Waals surface area contributed by atoms with Crippen LogP contribution >= 0.6 is 31.9 Å². The summed E-state index contributed by atoms with van der Waals surface area (Å²) in [5, 5.41) is 3.98. The largest absolute Gasteiger partial charge is 0.482 e. The number of nitrogens with one attached hydrogen (secondary N) is 1. The third-order valence-electron chi connectivity index (χ3n) is 3.36. The van der Waals surface area contributed by atoms with Crippen LogP contribution in [0.15, 0.2) is 44.4 Å². The third-order valence-corrected chi connectivity index (χ3v) is 4.41. The fourth-order valence-electron chi connectivity index (χ4n) is 2.19. The Morgan fingerprint density at radius 2 is 1.92 bits per heavy atom. The van der Waals surface area contributed by atoms with E-state index in [9.17, 15) is 4.79 Å². The van der Waals surface area contributed by atoms with Crippen LogP contribution in [0.2, 0.25) is 0 Å². The average Bonchev–Trinajstić information content (AvgIpc) is 2.48. The summed E-state index contributed by atoms with van der Waals surface area (Å²) in [5.41, 5.74) is 6.68. The summed E-state index contributed by atoms with van der Waals surface area (Å²) in [7, 11) is 0. The Morgan fingerprint density at radius 1 is 1.17 bits per heavy atom. The Morgan fingerprint density at radius 3 is 2.58 bits per heavy atom. The van der Waals surface area contributed by atoms with Gasteiger partial charge in [0.15, 0.2) is 6.61 Å². The molecule has 0 heterocycles. The van der Waals surface area contributed by atoms with E-state index >= 15 is 0 Å². The first-order valence-corrected chi connectivity index (χ1v) is 8.93. The number of halogens is 2. The maximum absolute atomic E-state index is 11.9. The van der Waals surface area contributed by atoms with E-state index in [-0.39, 0.29) is 12.5 Å². The number of rotatable bonds is 5. The van der Waals surface area contributed by atoms with Gasteiger partial charge in [-0.1, -0.05) is 39.7 Å². The summed E-state index contributed by atoms with van der Waals surface area (Å²) < 4.78 is 7.31. The van der Waals surface area contributed by atoms with Gasteiger partial charge in [-0.3, -0.25) is 4.79 Å². The molecule has 0 fully saturated rings. The molecule has 0 aliphatic heterocycles. The highest BCUT2D eigenvalue weighted by molar-refractivity contribution is 9.11. The fraction of sp³-hybridized carbons (Fsp3) is 0.222. The first-order chi connectivity index (χ1) is 11.4. The molecule has 2 rings (SSSR count). The van der Waals surface area contributed by atoms with Crippen molar-refractivity contribution in [2.24, 2.45) is 5.10 Å². The lowest BCUT2D eigenvalue weighted by Crippen LogP contribution is -2.24. The highest BCUT2D eigenvalue weighted by atomic mass is 79.9. The van der Waals surface area contributed by atoms with Gasteiger partial charge in [0.25, 0.3) is 5.91 Å². The highest BCUT2D eigenvalue weighted by Crippen LogP contribution is 2.32. The molecule has 1 N–H and O–H groups in total. The molecule has 1 amide bonds. The summed E-state index contributed by atoms with van der Waals surface area (Å²) >= 11 is 6.84. The van der Waals surface area contributed by atoms with E-state index in [0.29, 0.717) is 5.75 Å². The summed E-state index contributed by atoms with van der Waals surface area (Å²) in [6, 6.07) is 9.85. The molecule has 0 aromatic heterocycles. The van der Waals surface area contributed by atoms with Gasteiger partial charge in [-0.05, 0) is 65.5 Å². The number of amides is 1. The molecule has 0 atom stereocenters. The van der Waals surface area contributed by atoms with Crippen molar-refractivity contribution in [3.63, 3.8) is 0 Å². The summed E-state index contributed by atoms with van der Waals surface area (Å²) in [6.07, 6.45) is 1.63. The van der Waals surface area contributed by atoms with Crippen LogP contribution in [0.5, 0.6) is 5.75 Å². The predicted octanol–water partition coefficient (Wildman–Crippen LogP) is 4.67. The second kappa shape index (κ2) is 8.44. The minimum absolute atomic E-state index is 0.106. The van der Waals surface area contributed by atoms with Crippen molar-refractivity contribution in [2.45, 2.75) is 20.8 Å². The maximum atomic E-state index is 11.9. The van der Waals surface area contributed by atoms with Crippen LogP contribution in [0, 0.1) is 20.8 Å². The van der Waals surface area contributed by atoms with E-state index in [2.05, 4.69) is 48.5 Å². The lowest BCUT2D eigenvalue weighted by atomic mass is 10.1. The zero-order valence-corrected chi connectivity index (χ0v) is 16.9. The quantitative estimate of drug-likeness (QED) is 0.528. The predicted molar refractivity (Wildman–Crippen MR) is 104 cm³/mol. The van der Waals surface area contributed by atoms with E-state index < -0.39 is 0 Å². The van der Waals surface area contributed by atoms with E-state index in [1.54, 1.807) is 6.21 Å². The molecule has 24 heavy (non-hydrogen) atoms. The van der Waals surface area contributed by atoms with Crippen molar-refractivity contribution in [2.75, 3.05) is 6.61 Å². The van der Waals surface area contributed by atoms with Crippen LogP contribution in [-0.2, 0) is 4.79 Å². The Balaban J connectivity index is 1.91. The number of hydrogen-bond donors (Lipinski definition) is 1. The first-order valence-electron chi connectivity index (χ1n) is 7.34. The number of nitrogens with zero attached hydrogens (tertiary/aromatic N) is 1. The van der Waals surface area contributed by atoms with Gasteiger partial charge in [0.1, 0.15) is 5.75 Å². The zero-order valence-electron chi connectivity index (χ0n) is 13.7. The normalized spacial score (nSPS) is 10.9. The van der Waals surface area contributed by atoms with Crippen LogP contribution in [0.25, 0.3) is 0 Å². The summed E-state index contributed by atoms with van der Waals surface area (Å²) in [6.45, 7) is 5.86. The molecule has 0 bridgehead atoms. The van der Waals surface area contributed by atoms with Gasteiger partial charge in [-0.2, -0.15) is 5.10 Å². The van der Waals surface area contributed by atoms with Crippen molar-refractivity contribution in [3.05, 3.63) is 61.5 Å². The van der Waals surface area contributed by atoms with Gasteiger partial charge in [-0.15, -0.1) is 0 Å². The van der Waals surface area contributed by atoms with Crippen LogP contribution < -0.4 is 10.2 Å².